The van der Waals surface area contributed by atoms with Crippen molar-refractivity contribution in [2.75, 3.05) is 47.0 Å². The van der Waals surface area contributed by atoms with Crippen molar-refractivity contribution >= 4 is 29.9 Å². The van der Waals surface area contributed by atoms with Crippen LogP contribution in [0.25, 0.3) is 0 Å². The topological polar surface area (TPSA) is 58.1 Å². The van der Waals surface area contributed by atoms with Crippen molar-refractivity contribution in [3.63, 3.8) is 0 Å². The number of halogens is 1. The largest absolute Gasteiger partial charge is 0.497 e. The molecule has 1 saturated heterocycles. The number of hydrogen-bond donors (Lipinski definition) is 2. The SMILES string of the molecule is CCNC(=NCC(c1ccc(OC)cc1)N1CCCCC1)NC(C)COC.I. The van der Waals surface area contributed by atoms with Gasteiger partial charge >= 0.3 is 0 Å². The van der Waals surface area contributed by atoms with Crippen molar-refractivity contribution < 1.29 is 9.47 Å². The molecule has 0 saturated carbocycles. The van der Waals surface area contributed by atoms with Gasteiger partial charge in [0.15, 0.2) is 5.96 Å². The molecular weight excluding hydrogens is 467 g/mol. The predicted octanol–water partition coefficient (Wildman–Crippen LogP) is 3.43. The van der Waals surface area contributed by atoms with E-state index in [9.17, 15) is 0 Å². The third-order valence-corrected chi connectivity index (χ3v) is 4.90. The molecule has 2 N–H and O–H groups in total. The number of nitrogens with zero attached hydrogens (tertiary/aromatic N) is 2. The number of benzene rings is 1. The van der Waals surface area contributed by atoms with Gasteiger partial charge in [0.05, 0.1) is 26.3 Å². The average molecular weight is 504 g/mol. The lowest BCUT2D eigenvalue weighted by Gasteiger charge is -2.34. The Morgan fingerprint density at radius 1 is 1.14 bits per heavy atom. The van der Waals surface area contributed by atoms with Crippen LogP contribution < -0.4 is 15.4 Å². The molecule has 2 rings (SSSR count). The monoisotopic (exact) mass is 504 g/mol. The van der Waals surface area contributed by atoms with E-state index >= 15 is 0 Å². The van der Waals surface area contributed by atoms with E-state index in [-0.39, 0.29) is 36.1 Å². The highest BCUT2D eigenvalue weighted by Crippen LogP contribution is 2.26. The van der Waals surface area contributed by atoms with E-state index < -0.39 is 0 Å². The third-order valence-electron chi connectivity index (χ3n) is 4.90. The van der Waals surface area contributed by atoms with Gasteiger partial charge in [-0.15, -0.1) is 24.0 Å². The smallest absolute Gasteiger partial charge is 0.191 e. The van der Waals surface area contributed by atoms with Gasteiger partial charge in [0.2, 0.25) is 0 Å². The van der Waals surface area contributed by atoms with Crippen LogP contribution in [0.4, 0.5) is 0 Å². The third kappa shape index (κ3) is 8.13. The van der Waals surface area contributed by atoms with Crippen molar-refractivity contribution in [2.45, 2.75) is 45.2 Å². The van der Waals surface area contributed by atoms with Crippen LogP contribution in [-0.4, -0.2) is 63.9 Å². The second-order valence-corrected chi connectivity index (χ2v) is 7.11. The number of ether oxygens (including phenoxy) is 2. The lowest BCUT2D eigenvalue weighted by molar-refractivity contribution is 0.167. The summed E-state index contributed by atoms with van der Waals surface area (Å²) < 4.78 is 10.5. The Morgan fingerprint density at radius 2 is 1.82 bits per heavy atom. The Balaban J connectivity index is 0.00000392. The minimum atomic E-state index is 0. The fraction of sp³-hybridized carbons (Fsp3) is 0.667. The molecule has 1 aliphatic heterocycles. The van der Waals surface area contributed by atoms with Gasteiger partial charge in [0.1, 0.15) is 5.75 Å². The molecule has 28 heavy (non-hydrogen) atoms. The molecule has 0 aromatic heterocycles. The summed E-state index contributed by atoms with van der Waals surface area (Å²) >= 11 is 0. The van der Waals surface area contributed by atoms with Crippen LogP contribution in [0.5, 0.6) is 5.75 Å². The van der Waals surface area contributed by atoms with Gasteiger partial charge in [-0.2, -0.15) is 0 Å². The Labute approximate surface area is 187 Å². The number of hydrogen-bond acceptors (Lipinski definition) is 4. The molecule has 0 radical (unpaired) electrons. The molecule has 7 heteroatoms. The molecule has 6 nitrogen and oxygen atoms in total. The highest BCUT2D eigenvalue weighted by molar-refractivity contribution is 14.0. The Kier molecular flexibility index (Phi) is 12.5. The van der Waals surface area contributed by atoms with Crippen LogP contribution in [0.3, 0.4) is 0 Å². The minimum Gasteiger partial charge on any atom is -0.497 e. The van der Waals surface area contributed by atoms with E-state index in [4.69, 9.17) is 14.5 Å². The summed E-state index contributed by atoms with van der Waals surface area (Å²) in [6.45, 7) is 8.67. The van der Waals surface area contributed by atoms with Crippen molar-refractivity contribution in [1.82, 2.24) is 15.5 Å². The Hall–Kier alpha value is -1.06. The number of likely N-dealkylation sites (tertiary alicyclic amines) is 1. The highest BCUT2D eigenvalue weighted by atomic mass is 127. The molecule has 1 aliphatic rings. The minimum absolute atomic E-state index is 0. The second-order valence-electron chi connectivity index (χ2n) is 7.11. The van der Waals surface area contributed by atoms with E-state index in [1.54, 1.807) is 14.2 Å². The van der Waals surface area contributed by atoms with Crippen molar-refractivity contribution in [2.24, 2.45) is 4.99 Å². The van der Waals surface area contributed by atoms with Crippen molar-refractivity contribution in [3.8, 4) is 5.75 Å². The molecule has 1 aromatic carbocycles. The molecular formula is C21H37IN4O2. The van der Waals surface area contributed by atoms with Gasteiger partial charge in [-0.3, -0.25) is 9.89 Å². The quantitative estimate of drug-likeness (QED) is 0.307. The predicted molar refractivity (Wildman–Crippen MR) is 127 cm³/mol. The first-order valence-corrected chi connectivity index (χ1v) is 10.1. The first-order valence-electron chi connectivity index (χ1n) is 10.1. The lowest BCUT2D eigenvalue weighted by atomic mass is 10.0. The van der Waals surface area contributed by atoms with E-state index in [1.165, 1.54) is 24.8 Å². The first kappa shape index (κ1) is 25.0. The first-order chi connectivity index (χ1) is 13.2. The van der Waals surface area contributed by atoms with Crippen LogP contribution >= 0.6 is 24.0 Å². The average Bonchev–Trinajstić information content (AvgIpc) is 2.69. The lowest BCUT2D eigenvalue weighted by Crippen LogP contribution is -2.44. The van der Waals surface area contributed by atoms with Crippen LogP contribution in [0, 0.1) is 0 Å². The maximum Gasteiger partial charge on any atom is 0.191 e. The number of rotatable bonds is 9. The van der Waals surface area contributed by atoms with Crippen LogP contribution in [0.2, 0.25) is 0 Å². The number of methoxy groups -OCH3 is 2. The fourth-order valence-electron chi connectivity index (χ4n) is 3.51. The summed E-state index contributed by atoms with van der Waals surface area (Å²) in [6.07, 6.45) is 3.85. The molecule has 0 aliphatic carbocycles. The van der Waals surface area contributed by atoms with E-state index in [1.807, 2.05) is 12.1 Å². The molecule has 2 atom stereocenters. The molecule has 0 bridgehead atoms. The number of aliphatic imine (C=N–C) groups is 1. The van der Waals surface area contributed by atoms with Crippen LogP contribution in [-0.2, 0) is 4.74 Å². The maximum atomic E-state index is 5.32. The number of nitrogens with one attached hydrogen (secondary N) is 2. The maximum absolute atomic E-state index is 5.32. The molecule has 0 spiro atoms. The summed E-state index contributed by atoms with van der Waals surface area (Å²) in [5.41, 5.74) is 1.29. The van der Waals surface area contributed by atoms with E-state index in [2.05, 4.69) is 41.5 Å². The van der Waals surface area contributed by atoms with E-state index in [0.717, 1.165) is 37.9 Å². The Bertz CT molecular complexity index is 562. The normalized spacial score (nSPS) is 17.4. The summed E-state index contributed by atoms with van der Waals surface area (Å²) in [4.78, 5) is 7.46. The standard InChI is InChI=1S/C21H36N4O2.HI/c1-5-22-21(24-17(2)16-26-3)23-15-20(25-13-7-6-8-14-25)18-9-11-19(27-4)12-10-18;/h9-12,17,20H,5-8,13-16H2,1-4H3,(H2,22,23,24);1H. The molecule has 160 valence electrons. The molecule has 0 amide bonds. The van der Waals surface area contributed by atoms with Gasteiger partial charge in [0.25, 0.3) is 0 Å². The van der Waals surface area contributed by atoms with Gasteiger partial charge in [-0.1, -0.05) is 18.6 Å². The summed E-state index contributed by atoms with van der Waals surface area (Å²) in [6, 6.07) is 8.91. The van der Waals surface area contributed by atoms with Gasteiger partial charge in [0, 0.05) is 19.7 Å². The van der Waals surface area contributed by atoms with Crippen molar-refractivity contribution in [3.05, 3.63) is 29.8 Å². The second kappa shape index (κ2) is 14.0. The summed E-state index contributed by atoms with van der Waals surface area (Å²) in [5, 5.41) is 6.77. The van der Waals surface area contributed by atoms with Gasteiger partial charge in [-0.25, -0.2) is 0 Å². The molecule has 1 heterocycles. The zero-order valence-corrected chi connectivity index (χ0v) is 20.1. The summed E-state index contributed by atoms with van der Waals surface area (Å²) in [7, 11) is 3.43. The highest BCUT2D eigenvalue weighted by Gasteiger charge is 2.22. The molecule has 1 fully saturated rings. The Morgan fingerprint density at radius 3 is 2.39 bits per heavy atom. The fourth-order valence-corrected chi connectivity index (χ4v) is 3.51. The number of piperidine rings is 1. The van der Waals surface area contributed by atoms with Crippen molar-refractivity contribution in [1.29, 1.82) is 0 Å². The van der Waals surface area contributed by atoms with Gasteiger partial charge < -0.3 is 20.1 Å². The molecule has 2 unspecified atom stereocenters. The zero-order valence-electron chi connectivity index (χ0n) is 17.7. The zero-order chi connectivity index (χ0) is 19.5. The summed E-state index contributed by atoms with van der Waals surface area (Å²) in [5.74, 6) is 1.74. The molecule has 1 aromatic rings. The number of guanidine groups is 1. The van der Waals surface area contributed by atoms with Crippen LogP contribution in [0.15, 0.2) is 29.3 Å². The van der Waals surface area contributed by atoms with E-state index in [0.29, 0.717) is 6.61 Å². The van der Waals surface area contributed by atoms with Gasteiger partial charge in [-0.05, 0) is 57.5 Å². The van der Waals surface area contributed by atoms with Crippen LogP contribution in [0.1, 0.15) is 44.7 Å².